The van der Waals surface area contributed by atoms with Crippen LogP contribution < -0.4 is 4.57 Å². The smallest absolute Gasteiger partial charge is 0.194 e. The van der Waals surface area contributed by atoms with Crippen molar-refractivity contribution in [1.29, 1.82) is 0 Å². The molecule has 1 saturated carbocycles. The second kappa shape index (κ2) is 6.29. The van der Waals surface area contributed by atoms with Gasteiger partial charge >= 0.3 is 0 Å². The van der Waals surface area contributed by atoms with Gasteiger partial charge < -0.3 is 0 Å². The monoisotopic (exact) mass is 330 g/mol. The third-order valence-corrected chi connectivity index (χ3v) is 6.11. The van der Waals surface area contributed by atoms with E-state index in [1.165, 1.54) is 64.5 Å². The lowest BCUT2D eigenvalue weighted by molar-refractivity contribution is -0.633. The topological polar surface area (TPSA) is 3.88 Å². The Morgan fingerprint density at radius 3 is 2.40 bits per heavy atom. The van der Waals surface area contributed by atoms with Gasteiger partial charge in [-0.1, -0.05) is 36.6 Å². The Hall–Kier alpha value is -2.15. The molecule has 1 aliphatic carbocycles. The van der Waals surface area contributed by atoms with Crippen LogP contribution >= 0.6 is 0 Å². The minimum atomic E-state index is 0.719. The maximum Gasteiger partial charge on any atom is 0.213 e. The van der Waals surface area contributed by atoms with E-state index in [1.54, 1.807) is 5.56 Å². The zero-order valence-electron chi connectivity index (χ0n) is 15.9. The van der Waals surface area contributed by atoms with E-state index in [1.807, 2.05) is 0 Å². The molecule has 1 aromatic heterocycles. The van der Waals surface area contributed by atoms with Gasteiger partial charge in [0.1, 0.15) is 7.05 Å². The molecule has 0 unspecified atom stereocenters. The minimum Gasteiger partial charge on any atom is -0.194 e. The third kappa shape index (κ3) is 2.76. The average molecular weight is 330 g/mol. The van der Waals surface area contributed by atoms with Gasteiger partial charge in [0.05, 0.1) is 0 Å². The van der Waals surface area contributed by atoms with Crippen molar-refractivity contribution in [1.82, 2.24) is 0 Å². The second-order valence-corrected chi connectivity index (χ2v) is 7.80. The van der Waals surface area contributed by atoms with Gasteiger partial charge in [-0.3, -0.25) is 0 Å². The van der Waals surface area contributed by atoms with Crippen LogP contribution in [0.3, 0.4) is 0 Å². The van der Waals surface area contributed by atoms with Crippen LogP contribution in [0.4, 0.5) is 0 Å². The molecule has 0 bridgehead atoms. The van der Waals surface area contributed by atoms with Crippen LogP contribution in [-0.4, -0.2) is 0 Å². The van der Waals surface area contributed by atoms with Gasteiger partial charge in [-0.15, -0.1) is 0 Å². The van der Waals surface area contributed by atoms with Crippen molar-refractivity contribution in [3.63, 3.8) is 0 Å². The fourth-order valence-corrected chi connectivity index (χ4v) is 4.60. The van der Waals surface area contributed by atoms with Crippen molar-refractivity contribution in [2.45, 2.75) is 52.4 Å². The number of para-hydroxylation sites is 1. The molecule has 25 heavy (non-hydrogen) atoms. The van der Waals surface area contributed by atoms with E-state index in [9.17, 15) is 0 Å². The molecule has 2 aromatic carbocycles. The summed E-state index contributed by atoms with van der Waals surface area (Å²) < 4.78 is 2.38. The van der Waals surface area contributed by atoms with E-state index < -0.39 is 0 Å². The largest absolute Gasteiger partial charge is 0.213 e. The lowest BCUT2D eigenvalue weighted by Gasteiger charge is -2.16. The van der Waals surface area contributed by atoms with Gasteiger partial charge in [-0.2, -0.15) is 4.57 Å². The Labute approximate surface area is 151 Å². The van der Waals surface area contributed by atoms with E-state index in [0.29, 0.717) is 0 Å². The molecule has 1 aliphatic rings. The molecule has 1 nitrogen and oxygen atoms in total. The Balaban J connectivity index is 2.03. The summed E-state index contributed by atoms with van der Waals surface area (Å²) in [7, 11) is 2.22. The van der Waals surface area contributed by atoms with Gasteiger partial charge in [-0.05, 0) is 68.4 Å². The quantitative estimate of drug-likeness (QED) is 0.514. The van der Waals surface area contributed by atoms with E-state index in [0.717, 1.165) is 5.92 Å². The highest BCUT2D eigenvalue weighted by Gasteiger charge is 2.25. The number of fused-ring (bicyclic) bond motifs is 1. The molecule has 0 atom stereocenters. The molecule has 0 aliphatic heterocycles. The zero-order chi connectivity index (χ0) is 17.6. The number of hydrogen-bond donors (Lipinski definition) is 0. The number of hydrogen-bond acceptors (Lipinski definition) is 0. The summed E-state index contributed by atoms with van der Waals surface area (Å²) >= 11 is 0. The highest BCUT2D eigenvalue weighted by molar-refractivity contribution is 5.82. The normalized spacial score (nSPS) is 15.2. The molecule has 0 spiro atoms. The Morgan fingerprint density at radius 2 is 1.64 bits per heavy atom. The lowest BCUT2D eigenvalue weighted by Crippen LogP contribution is -2.33. The predicted octanol–water partition coefficient (Wildman–Crippen LogP) is 5.91. The molecule has 4 rings (SSSR count). The molecule has 0 N–H and O–H groups in total. The first kappa shape index (κ1) is 16.3. The summed E-state index contributed by atoms with van der Waals surface area (Å²) in [6.07, 6.45) is 5.42. The highest BCUT2D eigenvalue weighted by Crippen LogP contribution is 2.39. The fraction of sp³-hybridized carbons (Fsp3) is 0.375. The van der Waals surface area contributed by atoms with Gasteiger partial charge in [-0.25, -0.2) is 0 Å². The van der Waals surface area contributed by atoms with Crippen LogP contribution in [-0.2, 0) is 7.05 Å². The molecule has 0 amide bonds. The van der Waals surface area contributed by atoms with Gasteiger partial charge in [0, 0.05) is 23.1 Å². The van der Waals surface area contributed by atoms with E-state index in [-0.39, 0.29) is 0 Å². The van der Waals surface area contributed by atoms with Crippen molar-refractivity contribution in [2.24, 2.45) is 7.05 Å². The molecule has 0 saturated heterocycles. The van der Waals surface area contributed by atoms with Crippen LogP contribution in [0.15, 0.2) is 42.5 Å². The number of pyridine rings is 1. The van der Waals surface area contributed by atoms with Crippen LogP contribution in [0.5, 0.6) is 0 Å². The van der Waals surface area contributed by atoms with Crippen LogP contribution in [0, 0.1) is 20.8 Å². The third-order valence-electron chi connectivity index (χ3n) is 6.11. The summed E-state index contributed by atoms with van der Waals surface area (Å²) in [4.78, 5) is 0. The molecular formula is C24H28N+. The SMILES string of the molecule is Cc1cc(C)c(C)c(-c2cc(C3CCCC3)c3ccccc3[n+]2C)c1. The molecule has 3 aromatic rings. The van der Waals surface area contributed by atoms with E-state index in [4.69, 9.17) is 0 Å². The maximum absolute atomic E-state index is 2.49. The molecule has 0 radical (unpaired) electrons. The first-order valence-electron chi connectivity index (χ1n) is 9.56. The first-order chi connectivity index (χ1) is 12.1. The molecule has 1 heterocycles. The number of nitrogens with zero attached hydrogens (tertiary/aromatic N) is 1. The van der Waals surface area contributed by atoms with Gasteiger partial charge in [0.25, 0.3) is 0 Å². The lowest BCUT2D eigenvalue weighted by atomic mass is 9.90. The summed E-state index contributed by atoms with van der Waals surface area (Å²) in [6.45, 7) is 6.69. The van der Waals surface area contributed by atoms with Crippen LogP contribution in [0.2, 0.25) is 0 Å². The van der Waals surface area contributed by atoms with Gasteiger partial charge in [0.2, 0.25) is 11.2 Å². The molecule has 1 heteroatoms. The van der Waals surface area contributed by atoms with Crippen LogP contribution in [0.1, 0.15) is 53.9 Å². The van der Waals surface area contributed by atoms with Gasteiger partial charge in [0.15, 0.2) is 0 Å². The molecule has 1 fully saturated rings. The maximum atomic E-state index is 2.49. The minimum absolute atomic E-state index is 0.719. The van der Waals surface area contributed by atoms with Crippen molar-refractivity contribution < 1.29 is 4.57 Å². The standard InChI is InChI=1S/C24H28N/c1-16-13-17(2)18(3)21(14-16)24-15-22(19-9-5-6-10-19)20-11-7-8-12-23(20)25(24)4/h7-8,11-15,19H,5-6,9-10H2,1-4H3/q+1. The van der Waals surface area contributed by atoms with Crippen molar-refractivity contribution in [2.75, 3.05) is 0 Å². The summed E-state index contributed by atoms with van der Waals surface area (Å²) in [5.74, 6) is 0.719. The highest BCUT2D eigenvalue weighted by atomic mass is 14.9. The Kier molecular flexibility index (Phi) is 4.11. The average Bonchev–Trinajstić information content (AvgIpc) is 3.13. The van der Waals surface area contributed by atoms with E-state index in [2.05, 4.69) is 74.9 Å². The van der Waals surface area contributed by atoms with Crippen molar-refractivity contribution >= 4 is 10.9 Å². The fourth-order valence-electron chi connectivity index (χ4n) is 4.60. The van der Waals surface area contributed by atoms with Crippen molar-refractivity contribution in [3.8, 4) is 11.3 Å². The number of rotatable bonds is 2. The molecule has 128 valence electrons. The number of benzene rings is 2. The molecular weight excluding hydrogens is 302 g/mol. The summed E-state index contributed by atoms with van der Waals surface area (Å²) in [6, 6.07) is 16.1. The summed E-state index contributed by atoms with van der Waals surface area (Å²) in [5.41, 5.74) is 9.75. The predicted molar refractivity (Wildman–Crippen MR) is 106 cm³/mol. The Morgan fingerprint density at radius 1 is 0.920 bits per heavy atom. The summed E-state index contributed by atoms with van der Waals surface area (Å²) in [5, 5.41) is 1.43. The number of aromatic nitrogens is 1. The first-order valence-corrected chi connectivity index (χ1v) is 9.56. The zero-order valence-corrected chi connectivity index (χ0v) is 15.9. The van der Waals surface area contributed by atoms with Crippen LogP contribution in [0.25, 0.3) is 22.2 Å². The Bertz CT molecular complexity index is 946. The van der Waals surface area contributed by atoms with E-state index >= 15 is 0 Å². The second-order valence-electron chi connectivity index (χ2n) is 7.80. The number of aryl methyl sites for hydroxylation is 3. The van der Waals surface area contributed by atoms with Crippen molar-refractivity contribution in [3.05, 3.63) is 64.7 Å².